The second-order valence-corrected chi connectivity index (χ2v) is 7.31. The van der Waals surface area contributed by atoms with E-state index in [9.17, 15) is 9.59 Å². The van der Waals surface area contributed by atoms with Gasteiger partial charge in [-0.25, -0.2) is 0 Å². The molecule has 0 saturated heterocycles. The molecule has 3 rings (SSSR count). The summed E-state index contributed by atoms with van der Waals surface area (Å²) >= 11 is 6.35. The zero-order valence-corrected chi connectivity index (χ0v) is 17.2. The third-order valence-corrected chi connectivity index (χ3v) is 5.54. The summed E-state index contributed by atoms with van der Waals surface area (Å²) in [5.74, 6) is -0.220. The van der Waals surface area contributed by atoms with Crippen molar-refractivity contribution in [3.63, 3.8) is 0 Å². The first-order valence-corrected chi connectivity index (χ1v) is 10.00. The molecule has 2 amide bonds. The highest BCUT2D eigenvalue weighted by Gasteiger charge is 2.28. The van der Waals surface area contributed by atoms with Gasteiger partial charge in [-0.05, 0) is 47.2 Å². The topological polar surface area (TPSA) is 49.4 Å². The van der Waals surface area contributed by atoms with Gasteiger partial charge in [0, 0.05) is 23.8 Å². The molecule has 0 saturated carbocycles. The molecule has 146 valence electrons. The van der Waals surface area contributed by atoms with Crippen LogP contribution in [-0.2, 0) is 22.4 Å². The largest absolute Gasteiger partial charge is 0.325 e. The van der Waals surface area contributed by atoms with Crippen molar-refractivity contribution in [1.29, 1.82) is 0 Å². The maximum Gasteiger partial charge on any atom is 0.226 e. The van der Waals surface area contributed by atoms with Gasteiger partial charge in [-0.3, -0.25) is 9.59 Å². The van der Waals surface area contributed by atoms with Gasteiger partial charge in [0.2, 0.25) is 11.8 Å². The van der Waals surface area contributed by atoms with Crippen LogP contribution >= 0.6 is 11.6 Å². The van der Waals surface area contributed by atoms with E-state index >= 15 is 0 Å². The Balaban J connectivity index is 1.89. The Morgan fingerprint density at radius 3 is 2.54 bits per heavy atom. The maximum absolute atomic E-state index is 13.0. The number of carbonyl (C=O) groups excluding carboxylic acids is 2. The second-order valence-electron chi connectivity index (χ2n) is 6.91. The molecule has 0 fully saturated rings. The van der Waals surface area contributed by atoms with Gasteiger partial charge < -0.3 is 10.2 Å². The molecule has 1 aliphatic rings. The minimum atomic E-state index is -0.326. The van der Waals surface area contributed by atoms with E-state index in [1.807, 2.05) is 49.4 Å². The average Bonchev–Trinajstić information content (AvgIpc) is 2.68. The first-order valence-electron chi connectivity index (χ1n) is 9.62. The van der Waals surface area contributed by atoms with E-state index in [0.717, 1.165) is 40.8 Å². The number of hydrogen-bond donors (Lipinski definition) is 1. The number of aryl methyl sites for hydroxylation is 1. The molecule has 28 heavy (non-hydrogen) atoms. The molecule has 4 nitrogen and oxygen atoms in total. The van der Waals surface area contributed by atoms with Crippen LogP contribution < -0.4 is 5.32 Å². The number of rotatable bonds is 5. The Bertz CT molecular complexity index is 936. The number of amides is 2. The Hall–Kier alpha value is -2.59. The Labute approximate surface area is 171 Å². The summed E-state index contributed by atoms with van der Waals surface area (Å²) in [5, 5.41) is 3.73. The fourth-order valence-electron chi connectivity index (χ4n) is 3.75. The lowest BCUT2D eigenvalue weighted by Gasteiger charge is -2.32. The quantitative estimate of drug-likeness (QED) is 0.738. The zero-order chi connectivity index (χ0) is 20.3. The van der Waals surface area contributed by atoms with Crippen LogP contribution in [0.4, 0.5) is 5.69 Å². The Kier molecular flexibility index (Phi) is 6.20. The minimum Gasteiger partial charge on any atom is -0.325 e. The fourth-order valence-corrected chi connectivity index (χ4v) is 4.04. The van der Waals surface area contributed by atoms with E-state index in [4.69, 9.17) is 11.6 Å². The van der Waals surface area contributed by atoms with E-state index in [0.29, 0.717) is 5.02 Å². The van der Waals surface area contributed by atoms with Crippen LogP contribution in [0.5, 0.6) is 0 Å². The summed E-state index contributed by atoms with van der Waals surface area (Å²) < 4.78 is 0. The van der Waals surface area contributed by atoms with Crippen molar-refractivity contribution in [3.05, 3.63) is 69.9 Å². The molecule has 2 aromatic carbocycles. The van der Waals surface area contributed by atoms with Crippen LogP contribution in [-0.4, -0.2) is 16.7 Å². The first kappa shape index (κ1) is 20.2. The Morgan fingerprint density at radius 2 is 1.86 bits per heavy atom. The molecule has 0 radical (unpaired) electrons. The zero-order valence-electron chi connectivity index (χ0n) is 16.5. The van der Waals surface area contributed by atoms with Crippen LogP contribution in [0.3, 0.4) is 0 Å². The fraction of sp³-hybridized carbons (Fsp3) is 0.304. The molecule has 1 atom stereocenters. The first-order chi connectivity index (χ1) is 13.5. The van der Waals surface area contributed by atoms with Gasteiger partial charge in [-0.15, -0.1) is 0 Å². The number of carbonyl (C=O) groups is 2. The molecular formula is C23H25ClN2O2. The van der Waals surface area contributed by atoms with E-state index in [2.05, 4.69) is 12.2 Å². The number of fused-ring (bicyclic) bond motifs is 1. The van der Waals surface area contributed by atoms with E-state index in [-0.39, 0.29) is 24.3 Å². The molecule has 0 aromatic heterocycles. The molecule has 1 heterocycles. The highest BCUT2D eigenvalue weighted by atomic mass is 35.5. The summed E-state index contributed by atoms with van der Waals surface area (Å²) in [4.78, 5) is 26.7. The van der Waals surface area contributed by atoms with Crippen molar-refractivity contribution in [3.8, 4) is 0 Å². The summed E-state index contributed by atoms with van der Waals surface area (Å²) in [6.45, 7) is 5.60. The molecule has 2 aromatic rings. The Morgan fingerprint density at radius 1 is 1.11 bits per heavy atom. The highest BCUT2D eigenvalue weighted by Crippen LogP contribution is 2.34. The van der Waals surface area contributed by atoms with Gasteiger partial charge in [-0.2, -0.15) is 0 Å². The molecule has 0 unspecified atom stereocenters. The predicted octanol–water partition coefficient (Wildman–Crippen LogP) is 5.37. The van der Waals surface area contributed by atoms with Crippen molar-refractivity contribution >= 4 is 35.2 Å². The van der Waals surface area contributed by atoms with Gasteiger partial charge in [0.05, 0.1) is 12.5 Å². The summed E-state index contributed by atoms with van der Waals surface area (Å²) in [6.07, 6.45) is 5.38. The SMILES string of the molecule is CCc1ccc(Cl)c(CC)c1NC(=O)C[C@@H]1c2ccccc2C=CN1C(C)=O. The summed E-state index contributed by atoms with van der Waals surface area (Å²) in [5.41, 5.74) is 4.82. The standard InChI is InChI=1S/C23H25ClN2O2/c1-4-16-10-11-20(24)18(5-2)23(16)25-22(28)14-21-19-9-7-6-8-17(19)12-13-26(21)15(3)27/h6-13,21H,4-5,14H2,1-3H3,(H,25,28)/t21-/m1/s1. The number of halogens is 1. The lowest BCUT2D eigenvalue weighted by molar-refractivity contribution is -0.129. The van der Waals surface area contributed by atoms with Crippen molar-refractivity contribution in [2.45, 2.75) is 46.1 Å². The molecular weight excluding hydrogens is 372 g/mol. The molecule has 0 spiro atoms. The van der Waals surface area contributed by atoms with Gasteiger partial charge >= 0.3 is 0 Å². The van der Waals surface area contributed by atoms with E-state index in [1.54, 1.807) is 11.1 Å². The van der Waals surface area contributed by atoms with Gasteiger partial charge in [0.1, 0.15) is 0 Å². The molecule has 1 aliphatic heterocycles. The minimum absolute atomic E-state index is 0.0881. The van der Waals surface area contributed by atoms with Crippen LogP contribution in [0.1, 0.15) is 55.5 Å². The lowest BCUT2D eigenvalue weighted by atomic mass is 9.93. The van der Waals surface area contributed by atoms with E-state index in [1.165, 1.54) is 6.92 Å². The van der Waals surface area contributed by atoms with Crippen molar-refractivity contribution in [1.82, 2.24) is 4.90 Å². The summed E-state index contributed by atoms with van der Waals surface area (Å²) in [6, 6.07) is 11.4. The van der Waals surface area contributed by atoms with E-state index < -0.39 is 0 Å². The number of benzene rings is 2. The molecule has 0 bridgehead atoms. The van der Waals surface area contributed by atoms with Gasteiger partial charge in [0.15, 0.2) is 0 Å². The van der Waals surface area contributed by atoms with Crippen molar-refractivity contribution < 1.29 is 9.59 Å². The van der Waals surface area contributed by atoms with Crippen LogP contribution in [0.2, 0.25) is 5.02 Å². The predicted molar refractivity (Wildman–Crippen MR) is 114 cm³/mol. The number of nitrogens with zero attached hydrogens (tertiary/aromatic N) is 1. The molecule has 0 aliphatic carbocycles. The monoisotopic (exact) mass is 396 g/mol. The summed E-state index contributed by atoms with van der Waals surface area (Å²) in [7, 11) is 0. The third-order valence-electron chi connectivity index (χ3n) is 5.19. The molecule has 1 N–H and O–H groups in total. The van der Waals surface area contributed by atoms with Crippen LogP contribution in [0.25, 0.3) is 6.08 Å². The van der Waals surface area contributed by atoms with Crippen LogP contribution in [0, 0.1) is 0 Å². The maximum atomic E-state index is 13.0. The number of hydrogen-bond acceptors (Lipinski definition) is 2. The van der Waals surface area contributed by atoms with Crippen LogP contribution in [0.15, 0.2) is 42.6 Å². The number of nitrogens with one attached hydrogen (secondary N) is 1. The normalized spacial score (nSPS) is 15.3. The van der Waals surface area contributed by atoms with Crippen molar-refractivity contribution in [2.75, 3.05) is 5.32 Å². The average molecular weight is 397 g/mol. The van der Waals surface area contributed by atoms with Gasteiger partial charge in [0.25, 0.3) is 0 Å². The second kappa shape index (κ2) is 8.61. The third kappa shape index (κ3) is 3.97. The smallest absolute Gasteiger partial charge is 0.226 e. The molecule has 5 heteroatoms. The number of anilines is 1. The highest BCUT2D eigenvalue weighted by molar-refractivity contribution is 6.32. The van der Waals surface area contributed by atoms with Gasteiger partial charge in [-0.1, -0.05) is 55.8 Å². The van der Waals surface area contributed by atoms with Crippen molar-refractivity contribution in [2.24, 2.45) is 0 Å². The lowest BCUT2D eigenvalue weighted by Crippen LogP contribution is -2.33.